The lowest BCUT2D eigenvalue weighted by molar-refractivity contribution is -0.140. The fraction of sp³-hybridized carbons (Fsp3) is 0.417. The molecule has 0 aromatic heterocycles. The Morgan fingerprint density at radius 1 is 1.40 bits per heavy atom. The van der Waals surface area contributed by atoms with Crippen LogP contribution < -0.4 is 9.46 Å². The van der Waals surface area contributed by atoms with Crippen LogP contribution in [-0.4, -0.2) is 32.6 Å². The molecule has 0 aliphatic rings. The van der Waals surface area contributed by atoms with Gasteiger partial charge < -0.3 is 9.84 Å². The molecule has 0 radical (unpaired) electrons. The summed E-state index contributed by atoms with van der Waals surface area (Å²) in [7, 11) is -2.65. The zero-order valence-corrected chi connectivity index (χ0v) is 13.7. The van der Waals surface area contributed by atoms with Crippen molar-refractivity contribution in [2.45, 2.75) is 24.8 Å². The molecule has 0 bridgehead atoms. The van der Waals surface area contributed by atoms with E-state index in [2.05, 4.69) is 20.7 Å². The van der Waals surface area contributed by atoms with Gasteiger partial charge in [0.2, 0.25) is 10.0 Å². The quantitative estimate of drug-likeness (QED) is 0.802. The van der Waals surface area contributed by atoms with E-state index in [1.54, 1.807) is 19.9 Å². The number of carboxylic acids is 1. The van der Waals surface area contributed by atoms with E-state index in [-0.39, 0.29) is 16.6 Å². The lowest BCUT2D eigenvalue weighted by Crippen LogP contribution is -2.44. The third kappa shape index (κ3) is 3.94. The number of nitrogens with one attached hydrogen (secondary N) is 1. The summed E-state index contributed by atoms with van der Waals surface area (Å²) in [6.07, 6.45) is 0. The number of aliphatic carboxylic acids is 1. The second kappa shape index (κ2) is 6.55. The highest BCUT2D eigenvalue weighted by Crippen LogP contribution is 2.27. The highest BCUT2D eigenvalue weighted by molar-refractivity contribution is 9.10. The molecule has 0 fully saturated rings. The van der Waals surface area contributed by atoms with Crippen LogP contribution in [-0.2, 0) is 14.8 Å². The van der Waals surface area contributed by atoms with Gasteiger partial charge in [-0.25, -0.2) is 8.42 Å². The fourth-order valence-electron chi connectivity index (χ4n) is 1.56. The lowest BCUT2D eigenvalue weighted by Gasteiger charge is -2.19. The second-order valence-corrected chi connectivity index (χ2v) is 7.07. The molecule has 0 saturated carbocycles. The average molecular weight is 366 g/mol. The van der Waals surface area contributed by atoms with E-state index in [0.29, 0.717) is 4.47 Å². The van der Waals surface area contributed by atoms with Crippen molar-refractivity contribution in [2.24, 2.45) is 5.92 Å². The first kappa shape index (κ1) is 16.9. The van der Waals surface area contributed by atoms with Crippen molar-refractivity contribution in [3.8, 4) is 5.75 Å². The second-order valence-electron chi connectivity index (χ2n) is 4.48. The molecule has 6 nitrogen and oxygen atoms in total. The van der Waals surface area contributed by atoms with Gasteiger partial charge in [-0.1, -0.05) is 29.8 Å². The fourth-order valence-corrected chi connectivity index (χ4v) is 3.61. The number of benzene rings is 1. The number of sulfonamides is 1. The topological polar surface area (TPSA) is 92.7 Å². The monoisotopic (exact) mass is 365 g/mol. The summed E-state index contributed by atoms with van der Waals surface area (Å²) >= 11 is 3.18. The largest absolute Gasteiger partial charge is 0.495 e. The van der Waals surface area contributed by atoms with Crippen LogP contribution in [0.1, 0.15) is 13.8 Å². The van der Waals surface area contributed by atoms with Crippen LogP contribution in [0, 0.1) is 5.92 Å². The molecule has 20 heavy (non-hydrogen) atoms. The van der Waals surface area contributed by atoms with Gasteiger partial charge in [-0.2, -0.15) is 4.72 Å². The molecule has 1 unspecified atom stereocenters. The highest BCUT2D eigenvalue weighted by atomic mass is 79.9. The summed E-state index contributed by atoms with van der Waals surface area (Å²) in [6.45, 7) is 3.25. The number of carboxylic acid groups (broad SMARTS) is 1. The standard InChI is InChI=1S/C12H16BrNO5S/c1-7(2)11(12(15)16)14-20(17,18)10-6-8(13)4-5-9(10)19-3/h4-7,11,14H,1-3H3,(H,15,16). The van der Waals surface area contributed by atoms with Crippen molar-refractivity contribution in [2.75, 3.05) is 7.11 Å². The molecule has 0 spiro atoms. The number of ether oxygens (including phenoxy) is 1. The van der Waals surface area contributed by atoms with E-state index < -0.39 is 22.0 Å². The molecule has 1 rings (SSSR count). The van der Waals surface area contributed by atoms with Crippen LogP contribution in [0.2, 0.25) is 0 Å². The van der Waals surface area contributed by atoms with Crippen molar-refractivity contribution < 1.29 is 23.1 Å². The number of hydrogen-bond donors (Lipinski definition) is 2. The van der Waals surface area contributed by atoms with Crippen LogP contribution in [0.25, 0.3) is 0 Å². The SMILES string of the molecule is COc1ccc(Br)cc1S(=O)(=O)NC(C(=O)O)C(C)C. The van der Waals surface area contributed by atoms with Crippen molar-refractivity contribution >= 4 is 31.9 Å². The summed E-state index contributed by atoms with van der Waals surface area (Å²) in [5.41, 5.74) is 0. The van der Waals surface area contributed by atoms with Gasteiger partial charge in [0.1, 0.15) is 16.7 Å². The zero-order chi connectivity index (χ0) is 15.5. The third-order valence-electron chi connectivity index (χ3n) is 2.63. The summed E-state index contributed by atoms with van der Waals surface area (Å²) < 4.78 is 32.4. The van der Waals surface area contributed by atoms with Gasteiger partial charge in [0, 0.05) is 4.47 Å². The van der Waals surface area contributed by atoms with Crippen molar-refractivity contribution in [3.05, 3.63) is 22.7 Å². The first-order valence-electron chi connectivity index (χ1n) is 5.77. The van der Waals surface area contributed by atoms with Gasteiger partial charge in [-0.05, 0) is 24.1 Å². The summed E-state index contributed by atoms with van der Waals surface area (Å²) in [6, 6.07) is 3.28. The maximum Gasteiger partial charge on any atom is 0.322 e. The molecule has 0 heterocycles. The van der Waals surface area contributed by atoms with Gasteiger partial charge in [-0.3, -0.25) is 4.79 Å². The Balaban J connectivity index is 3.23. The predicted molar refractivity (Wildman–Crippen MR) is 77.3 cm³/mol. The minimum absolute atomic E-state index is 0.110. The molecule has 0 aliphatic carbocycles. The Morgan fingerprint density at radius 2 is 2.00 bits per heavy atom. The Morgan fingerprint density at radius 3 is 2.45 bits per heavy atom. The maximum atomic E-state index is 12.3. The normalized spacial score (nSPS) is 13.2. The maximum absolute atomic E-state index is 12.3. The predicted octanol–water partition coefficient (Wildman–Crippen LogP) is 1.85. The highest BCUT2D eigenvalue weighted by Gasteiger charge is 2.29. The Hall–Kier alpha value is -1.12. The molecular formula is C12H16BrNO5S. The number of halogens is 1. The zero-order valence-electron chi connectivity index (χ0n) is 11.3. The molecule has 0 saturated heterocycles. The van der Waals surface area contributed by atoms with E-state index in [1.165, 1.54) is 19.2 Å². The smallest absolute Gasteiger partial charge is 0.322 e. The minimum Gasteiger partial charge on any atom is -0.495 e. The van der Waals surface area contributed by atoms with Crippen LogP contribution >= 0.6 is 15.9 Å². The van der Waals surface area contributed by atoms with E-state index in [0.717, 1.165) is 0 Å². The van der Waals surface area contributed by atoms with E-state index >= 15 is 0 Å². The van der Waals surface area contributed by atoms with Gasteiger partial charge in [0.25, 0.3) is 0 Å². The third-order valence-corrected chi connectivity index (χ3v) is 4.59. The Labute approximate surface area is 126 Å². The summed E-state index contributed by atoms with van der Waals surface area (Å²) in [5.74, 6) is -1.47. The van der Waals surface area contributed by atoms with Gasteiger partial charge in [-0.15, -0.1) is 0 Å². The first-order chi connectivity index (χ1) is 9.19. The molecule has 1 aromatic carbocycles. The van der Waals surface area contributed by atoms with Crippen molar-refractivity contribution in [1.29, 1.82) is 0 Å². The van der Waals surface area contributed by atoms with Crippen LogP contribution in [0.15, 0.2) is 27.6 Å². The van der Waals surface area contributed by atoms with E-state index in [4.69, 9.17) is 9.84 Å². The molecule has 112 valence electrons. The lowest BCUT2D eigenvalue weighted by atomic mass is 10.1. The first-order valence-corrected chi connectivity index (χ1v) is 8.05. The van der Waals surface area contributed by atoms with Crippen molar-refractivity contribution in [1.82, 2.24) is 4.72 Å². The van der Waals surface area contributed by atoms with Gasteiger partial charge in [0.05, 0.1) is 7.11 Å². The molecule has 8 heteroatoms. The Kier molecular flexibility index (Phi) is 5.55. The molecule has 0 amide bonds. The van der Waals surface area contributed by atoms with Crippen LogP contribution in [0.3, 0.4) is 0 Å². The van der Waals surface area contributed by atoms with Crippen LogP contribution in [0.4, 0.5) is 0 Å². The molecule has 2 N–H and O–H groups in total. The molecule has 1 atom stereocenters. The average Bonchev–Trinajstić information content (AvgIpc) is 2.35. The number of hydrogen-bond acceptors (Lipinski definition) is 4. The minimum atomic E-state index is -4.00. The van der Waals surface area contributed by atoms with Crippen LogP contribution in [0.5, 0.6) is 5.75 Å². The van der Waals surface area contributed by atoms with Gasteiger partial charge in [0.15, 0.2) is 0 Å². The Bertz CT molecular complexity index is 600. The van der Waals surface area contributed by atoms with E-state index in [9.17, 15) is 13.2 Å². The summed E-state index contributed by atoms with van der Waals surface area (Å²) in [4.78, 5) is 11.0. The number of rotatable bonds is 6. The van der Waals surface area contributed by atoms with Crippen molar-refractivity contribution in [3.63, 3.8) is 0 Å². The molecule has 0 aliphatic heterocycles. The molecular weight excluding hydrogens is 350 g/mol. The number of carbonyl (C=O) groups is 1. The van der Waals surface area contributed by atoms with Gasteiger partial charge >= 0.3 is 5.97 Å². The van der Waals surface area contributed by atoms with E-state index in [1.807, 2.05) is 0 Å². The molecule has 1 aromatic rings. The summed E-state index contributed by atoms with van der Waals surface area (Å²) in [5, 5.41) is 9.07. The number of methoxy groups -OCH3 is 1.